The molecule has 0 heterocycles. The van der Waals surface area contributed by atoms with Crippen LogP contribution in [0.2, 0.25) is 0 Å². The molecule has 0 aromatic heterocycles. The summed E-state index contributed by atoms with van der Waals surface area (Å²) in [6.07, 6.45) is 0. The number of halogens is 8. The van der Waals surface area contributed by atoms with Crippen LogP contribution in [-0.2, 0) is 0 Å². The Balaban J connectivity index is 0. The first-order valence-electron chi connectivity index (χ1n) is 4.92. The summed E-state index contributed by atoms with van der Waals surface area (Å²) in [6.45, 7) is 0. The van der Waals surface area contributed by atoms with Crippen molar-refractivity contribution >= 4 is 124 Å². The van der Waals surface area contributed by atoms with Crippen LogP contribution in [0.1, 0.15) is 0 Å². The van der Waals surface area contributed by atoms with Crippen LogP contribution in [0.5, 0.6) is 0 Å². The summed E-state index contributed by atoms with van der Waals surface area (Å²) in [7, 11) is 0. The van der Waals surface area contributed by atoms with E-state index < -0.39 is 0 Å². The van der Waals surface area contributed by atoms with Gasteiger partial charge >= 0.3 is 51.4 Å². The molecular formula is C12H6Br6I2KN. The van der Waals surface area contributed by atoms with Crippen molar-refractivity contribution in [2.24, 2.45) is 0 Å². The van der Waals surface area contributed by atoms with E-state index in [2.05, 4.69) is 118 Å². The van der Waals surface area contributed by atoms with E-state index in [9.17, 15) is 0 Å². The van der Waals surface area contributed by atoms with Crippen molar-refractivity contribution in [2.45, 2.75) is 0 Å². The van der Waals surface area contributed by atoms with E-state index >= 15 is 0 Å². The fourth-order valence-corrected chi connectivity index (χ4v) is 5.91. The molecule has 2 N–H and O–H groups in total. The molecule has 0 fully saturated rings. The molecule has 10 heteroatoms. The second-order valence-corrected chi connectivity index (χ2v) is 9.79. The zero-order chi connectivity index (χ0) is 15.4. The second kappa shape index (κ2) is 14.2. The van der Waals surface area contributed by atoms with Gasteiger partial charge in [-0.3, -0.25) is 0 Å². The standard InChI is InChI=1S/C6H2Br3I.C6H4Br3N.HI.K/c2*7-3-1-4(8)6(10)5(9)2-3;;/h1-2H;1-2H,10H2;1H;/q;;;+1/p-1. The van der Waals surface area contributed by atoms with Gasteiger partial charge in [0.25, 0.3) is 0 Å². The molecule has 0 amide bonds. The van der Waals surface area contributed by atoms with E-state index in [0.717, 1.165) is 32.5 Å². The van der Waals surface area contributed by atoms with E-state index in [1.807, 2.05) is 24.3 Å². The van der Waals surface area contributed by atoms with Crippen molar-refractivity contribution in [3.05, 3.63) is 54.7 Å². The van der Waals surface area contributed by atoms with E-state index in [4.69, 9.17) is 5.73 Å². The number of nitrogen functional groups attached to an aromatic ring is 1. The average molecular weight is 937 g/mol. The Morgan fingerprint density at radius 3 is 1.27 bits per heavy atom. The minimum atomic E-state index is 0. The number of benzene rings is 2. The Morgan fingerprint density at radius 1 is 0.682 bits per heavy atom. The van der Waals surface area contributed by atoms with Gasteiger partial charge in [0.2, 0.25) is 0 Å². The van der Waals surface area contributed by atoms with Gasteiger partial charge in [0.15, 0.2) is 0 Å². The molecule has 0 saturated carbocycles. The van der Waals surface area contributed by atoms with E-state index in [1.165, 1.54) is 3.57 Å². The minimum absolute atomic E-state index is 0. The Kier molecular flexibility index (Phi) is 18.4. The van der Waals surface area contributed by atoms with Crippen LogP contribution in [0.3, 0.4) is 0 Å². The molecular weight excluding hydrogens is 930 g/mol. The monoisotopic (exact) mass is 930 g/mol. The molecule has 0 atom stereocenters. The summed E-state index contributed by atoms with van der Waals surface area (Å²) in [5, 5.41) is 0. The van der Waals surface area contributed by atoms with Crippen LogP contribution in [0.4, 0.5) is 5.69 Å². The summed E-state index contributed by atoms with van der Waals surface area (Å²) >= 11 is 22.5. The van der Waals surface area contributed by atoms with Gasteiger partial charge in [0, 0.05) is 30.4 Å². The van der Waals surface area contributed by atoms with Crippen molar-refractivity contribution in [1.82, 2.24) is 0 Å². The second-order valence-electron chi connectivity index (χ2n) is 3.47. The third-order valence-electron chi connectivity index (χ3n) is 1.99. The zero-order valence-corrected chi connectivity index (χ0v) is 27.9. The zero-order valence-electron chi connectivity index (χ0n) is 10.9. The number of rotatable bonds is 0. The predicted octanol–water partition coefficient (Wildman–Crippen LogP) is 2.14. The Bertz CT molecular complexity index is 539. The van der Waals surface area contributed by atoms with Crippen LogP contribution in [-0.4, -0.2) is 0 Å². The van der Waals surface area contributed by atoms with Gasteiger partial charge in [-0.1, -0.05) is 31.9 Å². The molecule has 0 radical (unpaired) electrons. The SMILES string of the molecule is Brc1cc(Br)c(I)c(Br)c1.Nc1c(Br)cc(Br)cc1Br.[I-].[K+]. The van der Waals surface area contributed by atoms with E-state index in [-0.39, 0.29) is 75.4 Å². The predicted molar refractivity (Wildman–Crippen MR) is 116 cm³/mol. The van der Waals surface area contributed by atoms with Crippen LogP contribution in [0.25, 0.3) is 0 Å². The summed E-state index contributed by atoms with van der Waals surface area (Å²) in [4.78, 5) is 0. The molecule has 0 spiro atoms. The Morgan fingerprint density at radius 2 is 0.955 bits per heavy atom. The smallest absolute Gasteiger partial charge is 1.00 e. The maximum absolute atomic E-state index is 5.64. The van der Waals surface area contributed by atoms with Gasteiger partial charge < -0.3 is 29.7 Å². The van der Waals surface area contributed by atoms with Gasteiger partial charge in [0.05, 0.1) is 5.69 Å². The molecule has 0 unspecified atom stereocenters. The third kappa shape index (κ3) is 9.95. The summed E-state index contributed by atoms with van der Waals surface area (Å²) in [6, 6.07) is 7.85. The molecule has 116 valence electrons. The summed E-state index contributed by atoms with van der Waals surface area (Å²) < 4.78 is 7.28. The third-order valence-corrected chi connectivity index (χ3v) is 8.12. The van der Waals surface area contributed by atoms with Crippen molar-refractivity contribution in [2.75, 3.05) is 5.73 Å². The van der Waals surface area contributed by atoms with Gasteiger partial charge in [-0.15, -0.1) is 0 Å². The van der Waals surface area contributed by atoms with E-state index in [0.29, 0.717) is 0 Å². The number of hydrogen-bond acceptors (Lipinski definition) is 1. The molecule has 22 heavy (non-hydrogen) atoms. The quantitative estimate of drug-likeness (QED) is 0.142. The largest absolute Gasteiger partial charge is 1.00 e. The van der Waals surface area contributed by atoms with Gasteiger partial charge in [-0.05, 0) is 111 Å². The number of hydrogen-bond donors (Lipinski definition) is 1. The maximum Gasteiger partial charge on any atom is 1.00 e. The minimum Gasteiger partial charge on any atom is -1.00 e. The molecule has 0 aliphatic rings. The van der Waals surface area contributed by atoms with Crippen LogP contribution in [0, 0.1) is 3.57 Å². The summed E-state index contributed by atoms with van der Waals surface area (Å²) in [5.41, 5.74) is 6.36. The fourth-order valence-electron chi connectivity index (χ4n) is 1.08. The van der Waals surface area contributed by atoms with Crippen LogP contribution < -0.4 is 81.1 Å². The first-order valence-corrected chi connectivity index (χ1v) is 10.8. The molecule has 0 aliphatic carbocycles. The van der Waals surface area contributed by atoms with Crippen LogP contribution in [0.15, 0.2) is 51.1 Å². The molecule has 2 aromatic rings. The topological polar surface area (TPSA) is 26.0 Å². The Hall–Kier alpha value is 4.22. The summed E-state index contributed by atoms with van der Waals surface area (Å²) in [5.74, 6) is 0. The van der Waals surface area contributed by atoms with E-state index in [1.54, 1.807) is 0 Å². The number of nitrogens with two attached hydrogens (primary N) is 1. The van der Waals surface area contributed by atoms with Crippen molar-refractivity contribution < 1.29 is 75.4 Å². The molecule has 0 bridgehead atoms. The molecule has 2 aromatic carbocycles. The van der Waals surface area contributed by atoms with Crippen LogP contribution >= 0.6 is 118 Å². The number of anilines is 1. The fraction of sp³-hybridized carbons (Fsp3) is 0. The van der Waals surface area contributed by atoms with Crippen molar-refractivity contribution in [1.29, 1.82) is 0 Å². The van der Waals surface area contributed by atoms with Gasteiger partial charge in [0.1, 0.15) is 0 Å². The first-order chi connectivity index (χ1) is 9.22. The van der Waals surface area contributed by atoms with Gasteiger partial charge in [-0.2, -0.15) is 0 Å². The molecule has 0 aliphatic heterocycles. The van der Waals surface area contributed by atoms with Gasteiger partial charge in [-0.25, -0.2) is 0 Å². The molecule has 2 rings (SSSR count). The normalized spacial score (nSPS) is 9.05. The average Bonchev–Trinajstić information content (AvgIpc) is 2.33. The Labute approximate surface area is 253 Å². The molecule has 1 nitrogen and oxygen atoms in total. The molecule has 0 saturated heterocycles. The van der Waals surface area contributed by atoms with Crippen molar-refractivity contribution in [3.8, 4) is 0 Å². The first kappa shape index (κ1) is 28.4. The van der Waals surface area contributed by atoms with Crippen molar-refractivity contribution in [3.63, 3.8) is 0 Å². The maximum atomic E-state index is 5.64.